The number of ether oxygens (including phenoxy) is 1. The highest BCUT2D eigenvalue weighted by molar-refractivity contribution is 7.79. The summed E-state index contributed by atoms with van der Waals surface area (Å²) in [5, 5.41) is 8.81. The molecule has 2 atom stereocenters. The van der Waals surface area contributed by atoms with Crippen LogP contribution in [0.15, 0.2) is 0 Å². The first-order chi connectivity index (χ1) is 5.57. The van der Waals surface area contributed by atoms with Gasteiger partial charge in [-0.3, -0.25) is 4.79 Å². The number of hydrogen-bond donors (Lipinski definition) is 2. The van der Waals surface area contributed by atoms with Crippen molar-refractivity contribution in [2.45, 2.75) is 24.7 Å². The number of methoxy groups -OCH3 is 1. The number of hydrogen-bond acceptors (Lipinski definition) is 4. The molecule has 0 aliphatic rings. The summed E-state index contributed by atoms with van der Waals surface area (Å²) in [4.78, 5) is 10.5. The molecule has 0 saturated carbocycles. The predicted molar refractivity (Wildman–Crippen MR) is 42.6 cm³/mol. The Morgan fingerprint density at radius 3 is 2.67 bits per heavy atom. The minimum absolute atomic E-state index is 0.123. The van der Waals surface area contributed by atoms with E-state index in [1.807, 2.05) is 0 Å². The van der Waals surface area contributed by atoms with E-state index in [2.05, 4.69) is 4.74 Å². The highest BCUT2D eigenvalue weighted by Gasteiger charge is 2.10. The Morgan fingerprint density at radius 1 is 1.67 bits per heavy atom. The lowest BCUT2D eigenvalue weighted by Gasteiger charge is -2.04. The molecule has 0 aliphatic heterocycles. The van der Waals surface area contributed by atoms with Crippen molar-refractivity contribution in [1.82, 2.24) is 0 Å². The van der Waals surface area contributed by atoms with Crippen molar-refractivity contribution in [3.8, 4) is 0 Å². The Labute approximate surface area is 73.0 Å². The van der Waals surface area contributed by atoms with Gasteiger partial charge in [0.05, 0.1) is 7.11 Å². The highest BCUT2D eigenvalue weighted by Crippen LogP contribution is 2.03. The highest BCUT2D eigenvalue weighted by atomic mass is 32.2. The fraction of sp³-hybridized carbons (Fsp3) is 0.833. The van der Waals surface area contributed by atoms with Crippen LogP contribution in [0.3, 0.4) is 0 Å². The normalized spacial score (nSPS) is 15.2. The average Bonchev–Trinajstić information content (AvgIpc) is 2.03. The molecule has 0 aromatic carbocycles. The number of carbonyl (C=O) groups is 1. The Kier molecular flexibility index (Phi) is 5.87. The summed E-state index contributed by atoms with van der Waals surface area (Å²) in [6.07, 6.45) is 0.628. The Morgan fingerprint density at radius 2 is 2.25 bits per heavy atom. The summed E-state index contributed by atoms with van der Waals surface area (Å²) in [6, 6.07) is 0. The smallest absolute Gasteiger partial charge is 0.305 e. The second-order valence-electron chi connectivity index (χ2n) is 2.20. The third kappa shape index (κ3) is 5.22. The first-order valence-electron chi connectivity index (χ1n) is 3.42. The van der Waals surface area contributed by atoms with Crippen molar-refractivity contribution >= 4 is 17.0 Å². The summed E-state index contributed by atoms with van der Waals surface area (Å²) in [7, 11) is 1.27. The maximum atomic E-state index is 10.5. The van der Waals surface area contributed by atoms with Crippen molar-refractivity contribution in [2.75, 3.05) is 7.11 Å². The Hall–Kier alpha value is -0.460. The molecular weight excluding hydrogens is 184 g/mol. The zero-order valence-electron chi connectivity index (χ0n) is 6.73. The fourth-order valence-electron chi connectivity index (χ4n) is 0.624. The molecule has 2 N–H and O–H groups in total. The van der Waals surface area contributed by atoms with Gasteiger partial charge < -0.3 is 14.4 Å². The third-order valence-corrected chi connectivity index (χ3v) is 1.99. The SMILES string of the molecule is COC(=O)CCCC(O)[S@](=O)O. The van der Waals surface area contributed by atoms with Crippen molar-refractivity contribution < 1.29 is 23.4 Å². The van der Waals surface area contributed by atoms with Gasteiger partial charge in [-0.1, -0.05) is 0 Å². The summed E-state index contributed by atoms with van der Waals surface area (Å²) >= 11 is -2.22. The van der Waals surface area contributed by atoms with Crippen LogP contribution < -0.4 is 0 Å². The zero-order valence-corrected chi connectivity index (χ0v) is 7.54. The van der Waals surface area contributed by atoms with Crippen LogP contribution >= 0.6 is 0 Å². The fourth-order valence-corrected chi connectivity index (χ4v) is 0.992. The van der Waals surface area contributed by atoms with Crippen molar-refractivity contribution in [2.24, 2.45) is 0 Å². The van der Waals surface area contributed by atoms with Gasteiger partial charge in [-0.15, -0.1) is 0 Å². The van der Waals surface area contributed by atoms with E-state index in [4.69, 9.17) is 9.66 Å². The molecule has 12 heavy (non-hydrogen) atoms. The van der Waals surface area contributed by atoms with Gasteiger partial charge in [0.2, 0.25) is 0 Å². The van der Waals surface area contributed by atoms with Gasteiger partial charge in [0.25, 0.3) is 0 Å². The molecule has 72 valence electrons. The monoisotopic (exact) mass is 196 g/mol. The van der Waals surface area contributed by atoms with E-state index in [-0.39, 0.29) is 18.8 Å². The summed E-state index contributed by atoms with van der Waals surface area (Å²) in [5.74, 6) is -0.383. The van der Waals surface area contributed by atoms with Gasteiger partial charge in [0.1, 0.15) is 0 Å². The van der Waals surface area contributed by atoms with E-state index in [0.717, 1.165) is 0 Å². The minimum atomic E-state index is -2.22. The van der Waals surface area contributed by atoms with Crippen LogP contribution in [0.5, 0.6) is 0 Å². The van der Waals surface area contributed by atoms with Crippen molar-refractivity contribution in [1.29, 1.82) is 0 Å². The van der Waals surface area contributed by atoms with Crippen LogP contribution in [0.1, 0.15) is 19.3 Å². The number of esters is 1. The van der Waals surface area contributed by atoms with Gasteiger partial charge in [-0.2, -0.15) is 0 Å². The Balaban J connectivity index is 3.43. The molecule has 0 saturated heterocycles. The number of aliphatic hydroxyl groups is 1. The van der Waals surface area contributed by atoms with Crippen LogP contribution in [0, 0.1) is 0 Å². The summed E-state index contributed by atoms with van der Waals surface area (Å²) < 4.78 is 22.9. The van der Waals surface area contributed by atoms with E-state index < -0.39 is 16.5 Å². The molecule has 0 bridgehead atoms. The summed E-state index contributed by atoms with van der Waals surface area (Å²) in [5.41, 5.74) is -1.27. The molecule has 1 unspecified atom stereocenters. The lowest BCUT2D eigenvalue weighted by atomic mass is 10.2. The lowest BCUT2D eigenvalue weighted by molar-refractivity contribution is -0.140. The van der Waals surface area contributed by atoms with Crippen LogP contribution in [0.25, 0.3) is 0 Å². The number of aliphatic hydroxyl groups excluding tert-OH is 1. The van der Waals surface area contributed by atoms with Crippen LogP contribution in [0.4, 0.5) is 0 Å². The van der Waals surface area contributed by atoms with Gasteiger partial charge >= 0.3 is 5.97 Å². The molecule has 0 radical (unpaired) electrons. The molecule has 0 rings (SSSR count). The van der Waals surface area contributed by atoms with E-state index in [1.165, 1.54) is 7.11 Å². The molecular formula is C6H12O5S. The Bertz CT molecular complexity index is 169. The van der Waals surface area contributed by atoms with E-state index in [1.54, 1.807) is 0 Å². The van der Waals surface area contributed by atoms with Crippen LogP contribution in [0.2, 0.25) is 0 Å². The van der Waals surface area contributed by atoms with Gasteiger partial charge in [-0.05, 0) is 12.8 Å². The number of rotatable bonds is 5. The van der Waals surface area contributed by atoms with Crippen LogP contribution in [-0.4, -0.2) is 32.4 Å². The molecule has 6 heteroatoms. The van der Waals surface area contributed by atoms with E-state index in [0.29, 0.717) is 6.42 Å². The molecule has 0 aromatic heterocycles. The molecule has 5 nitrogen and oxygen atoms in total. The standard InChI is InChI=1S/C6H12O5S/c1-11-5(7)3-2-4-6(8)12(9)10/h6,8H,2-4H2,1H3,(H,9,10). The maximum Gasteiger partial charge on any atom is 0.305 e. The third-order valence-electron chi connectivity index (χ3n) is 1.29. The quantitative estimate of drug-likeness (QED) is 0.472. The zero-order chi connectivity index (χ0) is 9.56. The molecule has 0 spiro atoms. The largest absolute Gasteiger partial charge is 0.469 e. The van der Waals surface area contributed by atoms with E-state index in [9.17, 15) is 9.00 Å². The summed E-state index contributed by atoms with van der Waals surface area (Å²) in [6.45, 7) is 0. The molecule has 0 aliphatic carbocycles. The maximum absolute atomic E-state index is 10.5. The van der Waals surface area contributed by atoms with Crippen molar-refractivity contribution in [3.05, 3.63) is 0 Å². The second-order valence-corrected chi connectivity index (χ2v) is 3.30. The predicted octanol–water partition coefficient (Wildman–Crippen LogP) is -0.130. The van der Waals surface area contributed by atoms with Gasteiger partial charge in [0, 0.05) is 6.42 Å². The minimum Gasteiger partial charge on any atom is -0.469 e. The molecule has 0 fully saturated rings. The topological polar surface area (TPSA) is 83.8 Å². The van der Waals surface area contributed by atoms with Gasteiger partial charge in [-0.25, -0.2) is 4.21 Å². The average molecular weight is 196 g/mol. The second kappa shape index (κ2) is 6.10. The molecule has 0 amide bonds. The van der Waals surface area contributed by atoms with Crippen LogP contribution in [-0.2, 0) is 20.6 Å². The van der Waals surface area contributed by atoms with Gasteiger partial charge in [0.15, 0.2) is 16.5 Å². The first-order valence-corrected chi connectivity index (χ1v) is 4.59. The number of carbonyl (C=O) groups excluding carboxylic acids is 1. The first kappa shape index (κ1) is 11.5. The molecule has 0 heterocycles. The van der Waals surface area contributed by atoms with E-state index >= 15 is 0 Å². The molecule has 0 aromatic rings. The van der Waals surface area contributed by atoms with Crippen molar-refractivity contribution in [3.63, 3.8) is 0 Å². The lowest BCUT2D eigenvalue weighted by Crippen LogP contribution is -2.13.